The first kappa shape index (κ1) is 19.8. The minimum atomic E-state index is -0.557. The van der Waals surface area contributed by atoms with Crippen molar-refractivity contribution in [1.82, 2.24) is 5.32 Å². The van der Waals surface area contributed by atoms with E-state index < -0.39 is 5.25 Å². The van der Waals surface area contributed by atoms with Gasteiger partial charge in [0, 0.05) is 17.2 Å². The van der Waals surface area contributed by atoms with E-state index in [1.807, 2.05) is 13.8 Å². The molecule has 6 nitrogen and oxygen atoms in total. The van der Waals surface area contributed by atoms with Crippen molar-refractivity contribution in [2.45, 2.75) is 38.4 Å². The van der Waals surface area contributed by atoms with Gasteiger partial charge in [-0.25, -0.2) is 0 Å². The molecule has 0 aliphatic carbocycles. The van der Waals surface area contributed by atoms with Crippen LogP contribution < -0.4 is 10.6 Å². The highest BCUT2D eigenvalue weighted by Crippen LogP contribution is 2.27. The number of carbonyl (C=O) groups excluding carboxylic acids is 2. The Morgan fingerprint density at radius 2 is 2.04 bits per heavy atom. The molecule has 0 bridgehead atoms. The van der Waals surface area contributed by atoms with E-state index in [1.54, 1.807) is 18.2 Å². The fourth-order valence-electron chi connectivity index (χ4n) is 2.06. The lowest BCUT2D eigenvalue weighted by molar-refractivity contribution is -0.122. The number of amidine groups is 1. The molecule has 2 N–H and O–H groups in total. The quantitative estimate of drug-likeness (QED) is 0.557. The second kappa shape index (κ2) is 9.22. The topological polar surface area (TPSA) is 82.9 Å². The second-order valence-electron chi connectivity index (χ2n) is 5.25. The fraction of sp³-hybridized carbons (Fsp3) is 0.375. The van der Waals surface area contributed by atoms with E-state index >= 15 is 0 Å². The maximum absolute atomic E-state index is 12.2. The molecule has 1 atom stereocenters. The number of nitrogens with one attached hydrogen (secondary N) is 2. The van der Waals surface area contributed by atoms with Crippen molar-refractivity contribution in [2.75, 3.05) is 5.32 Å². The molecule has 25 heavy (non-hydrogen) atoms. The first-order valence-corrected chi connectivity index (χ1v) is 9.42. The van der Waals surface area contributed by atoms with Gasteiger partial charge in [-0.05, 0) is 31.0 Å². The first-order valence-electron chi connectivity index (χ1n) is 7.78. The average Bonchev–Trinajstić information content (AvgIpc) is 2.91. The zero-order chi connectivity index (χ0) is 18.4. The summed E-state index contributed by atoms with van der Waals surface area (Å²) >= 11 is 13.1. The van der Waals surface area contributed by atoms with E-state index in [9.17, 15) is 9.59 Å². The molecular weight excluding hydrogens is 383 g/mol. The van der Waals surface area contributed by atoms with Crippen molar-refractivity contribution in [3.8, 4) is 0 Å². The van der Waals surface area contributed by atoms with Crippen LogP contribution in [0.15, 0.2) is 28.4 Å². The number of thioether (sulfide) groups is 1. The first-order chi connectivity index (χ1) is 11.9. The van der Waals surface area contributed by atoms with Crippen LogP contribution in [0.5, 0.6) is 0 Å². The summed E-state index contributed by atoms with van der Waals surface area (Å²) in [4.78, 5) is 24.2. The number of nitrogens with zero attached hydrogens (tertiary/aromatic N) is 2. The van der Waals surface area contributed by atoms with Gasteiger partial charge in [-0.2, -0.15) is 5.10 Å². The van der Waals surface area contributed by atoms with Crippen molar-refractivity contribution in [2.24, 2.45) is 10.2 Å². The van der Waals surface area contributed by atoms with Gasteiger partial charge in [-0.3, -0.25) is 9.59 Å². The standard InChI is InChI=1S/C16H18Cl2N4O2S/c1-3-10(4-2)21-22-16-20-15(24)13(25-16)8-14(23)19-12-7-9(17)5-6-11(12)18/h5-7,13H,3-4,8H2,1-2H3,(H,19,23)(H,20,22,24). The monoisotopic (exact) mass is 400 g/mol. The van der Waals surface area contributed by atoms with E-state index in [0.29, 0.717) is 20.9 Å². The molecule has 134 valence electrons. The van der Waals surface area contributed by atoms with Crippen molar-refractivity contribution in [1.29, 1.82) is 0 Å². The molecule has 0 aromatic heterocycles. The lowest BCUT2D eigenvalue weighted by Gasteiger charge is -2.09. The zero-order valence-electron chi connectivity index (χ0n) is 13.8. The Morgan fingerprint density at radius 3 is 2.72 bits per heavy atom. The van der Waals surface area contributed by atoms with Crippen LogP contribution in [0.3, 0.4) is 0 Å². The van der Waals surface area contributed by atoms with Gasteiger partial charge in [0.1, 0.15) is 5.25 Å². The van der Waals surface area contributed by atoms with Crippen molar-refractivity contribution >= 4 is 63.3 Å². The van der Waals surface area contributed by atoms with Gasteiger partial charge in [-0.15, -0.1) is 5.10 Å². The summed E-state index contributed by atoms with van der Waals surface area (Å²) in [6.07, 6.45) is 1.60. The number of benzene rings is 1. The Hall–Kier alpha value is -1.57. The number of rotatable bonds is 6. The lowest BCUT2D eigenvalue weighted by atomic mass is 10.2. The number of amides is 2. The number of hydrogen-bond acceptors (Lipinski definition) is 5. The van der Waals surface area contributed by atoms with Crippen LogP contribution in [0.1, 0.15) is 33.1 Å². The minimum Gasteiger partial charge on any atom is -0.325 e. The summed E-state index contributed by atoms with van der Waals surface area (Å²) in [7, 11) is 0. The molecule has 1 fully saturated rings. The van der Waals surface area contributed by atoms with Crippen molar-refractivity contribution in [3.05, 3.63) is 28.2 Å². The third-order valence-corrected chi connectivity index (χ3v) is 5.09. The van der Waals surface area contributed by atoms with E-state index in [2.05, 4.69) is 20.8 Å². The van der Waals surface area contributed by atoms with E-state index in [-0.39, 0.29) is 18.2 Å². The van der Waals surface area contributed by atoms with Crippen molar-refractivity contribution < 1.29 is 9.59 Å². The van der Waals surface area contributed by atoms with Crippen LogP contribution in [0.2, 0.25) is 10.0 Å². The van der Waals surface area contributed by atoms with E-state index in [4.69, 9.17) is 23.2 Å². The molecular formula is C16H18Cl2N4O2S. The van der Waals surface area contributed by atoms with Crippen LogP contribution >= 0.6 is 35.0 Å². The normalized spacial score (nSPS) is 18.2. The van der Waals surface area contributed by atoms with Crippen LogP contribution in [-0.4, -0.2) is 27.9 Å². The molecule has 1 aromatic carbocycles. The summed E-state index contributed by atoms with van der Waals surface area (Å²) in [5, 5.41) is 14.2. The van der Waals surface area contributed by atoms with Gasteiger partial charge in [0.05, 0.1) is 10.7 Å². The number of carbonyl (C=O) groups is 2. The van der Waals surface area contributed by atoms with Gasteiger partial charge < -0.3 is 10.6 Å². The van der Waals surface area contributed by atoms with Crippen LogP contribution in [0.4, 0.5) is 5.69 Å². The molecule has 2 rings (SSSR count). The molecule has 1 heterocycles. The second-order valence-corrected chi connectivity index (χ2v) is 7.29. The summed E-state index contributed by atoms with van der Waals surface area (Å²) in [5.74, 6) is -0.592. The highest BCUT2D eigenvalue weighted by Gasteiger charge is 2.32. The highest BCUT2D eigenvalue weighted by atomic mass is 35.5. The van der Waals surface area contributed by atoms with Crippen molar-refractivity contribution in [3.63, 3.8) is 0 Å². The maximum Gasteiger partial charge on any atom is 0.240 e. The third kappa shape index (κ3) is 5.73. The molecule has 1 saturated heterocycles. The van der Waals surface area contributed by atoms with Crippen LogP contribution in [-0.2, 0) is 9.59 Å². The van der Waals surface area contributed by atoms with Crippen LogP contribution in [0.25, 0.3) is 0 Å². The largest absolute Gasteiger partial charge is 0.325 e. The summed E-state index contributed by atoms with van der Waals surface area (Å²) < 4.78 is 0. The molecule has 0 radical (unpaired) electrons. The summed E-state index contributed by atoms with van der Waals surface area (Å²) in [6.45, 7) is 3.99. The Labute approximate surface area is 160 Å². The maximum atomic E-state index is 12.2. The predicted molar refractivity (Wildman–Crippen MR) is 105 cm³/mol. The third-order valence-electron chi connectivity index (χ3n) is 3.45. The molecule has 9 heteroatoms. The van der Waals surface area contributed by atoms with Gasteiger partial charge in [0.15, 0.2) is 5.17 Å². The van der Waals surface area contributed by atoms with E-state index in [1.165, 1.54) is 11.8 Å². The number of hydrogen-bond donors (Lipinski definition) is 2. The SMILES string of the molecule is CCC(CC)=NN=C1NC(=O)C(CC(=O)Nc2cc(Cl)ccc2Cl)S1. The predicted octanol–water partition coefficient (Wildman–Crippen LogP) is 4.09. The molecule has 1 aliphatic rings. The zero-order valence-corrected chi connectivity index (χ0v) is 16.1. The summed E-state index contributed by atoms with van der Waals surface area (Å²) in [5.41, 5.74) is 1.36. The minimum absolute atomic E-state index is 0.00348. The Balaban J connectivity index is 1.97. The molecule has 1 aliphatic heterocycles. The molecule has 1 unspecified atom stereocenters. The number of halogens is 2. The van der Waals surface area contributed by atoms with Crippen LogP contribution in [0, 0.1) is 0 Å². The Morgan fingerprint density at radius 1 is 1.32 bits per heavy atom. The molecule has 0 saturated carbocycles. The van der Waals surface area contributed by atoms with Gasteiger partial charge in [0.25, 0.3) is 0 Å². The highest BCUT2D eigenvalue weighted by molar-refractivity contribution is 8.15. The Bertz CT molecular complexity index is 731. The number of anilines is 1. The van der Waals surface area contributed by atoms with Gasteiger partial charge >= 0.3 is 0 Å². The van der Waals surface area contributed by atoms with E-state index in [0.717, 1.165) is 18.6 Å². The Kier molecular flexibility index (Phi) is 7.28. The van der Waals surface area contributed by atoms with Gasteiger partial charge in [0.2, 0.25) is 11.8 Å². The molecule has 1 aromatic rings. The molecule has 2 amide bonds. The average molecular weight is 401 g/mol. The van der Waals surface area contributed by atoms with Gasteiger partial charge in [-0.1, -0.05) is 48.8 Å². The lowest BCUT2D eigenvalue weighted by Crippen LogP contribution is -2.28. The fourth-order valence-corrected chi connectivity index (χ4v) is 3.31. The smallest absolute Gasteiger partial charge is 0.240 e. The molecule has 0 spiro atoms. The summed E-state index contributed by atoms with van der Waals surface area (Å²) in [6, 6.07) is 4.78.